The Kier molecular flexibility index (Phi) is 7.17. The van der Waals surface area contributed by atoms with Gasteiger partial charge < -0.3 is 18.2 Å². The lowest BCUT2D eigenvalue weighted by Gasteiger charge is -2.22. The first kappa shape index (κ1) is 24.0. The lowest BCUT2D eigenvalue weighted by molar-refractivity contribution is 0.0717. The fraction of sp³-hybridized carbons (Fsp3) is 0.115. The molecule has 0 fully saturated rings. The van der Waals surface area contributed by atoms with Crippen LogP contribution in [0, 0.1) is 5.82 Å². The Morgan fingerprint density at radius 1 is 0.914 bits per heavy atom. The summed E-state index contributed by atoms with van der Waals surface area (Å²) in [6.45, 7) is 0.243. The molecule has 0 aliphatic carbocycles. The number of methoxy groups -OCH3 is 1. The topological polar surface area (TPSA) is 86.1 Å². The van der Waals surface area contributed by atoms with Crippen LogP contribution >= 0.6 is 0 Å². The van der Waals surface area contributed by atoms with Gasteiger partial charge in [0.15, 0.2) is 0 Å². The zero-order chi connectivity index (χ0) is 24.8. The van der Waals surface area contributed by atoms with Crippen LogP contribution in [-0.4, -0.2) is 26.3 Å². The van der Waals surface area contributed by atoms with Gasteiger partial charge in [-0.15, -0.1) is 0 Å². The monoisotopic (exact) mass is 495 g/mol. The summed E-state index contributed by atoms with van der Waals surface area (Å²) in [7, 11) is -2.60. The van der Waals surface area contributed by atoms with Gasteiger partial charge in [-0.3, -0.25) is 4.79 Å². The molecule has 0 saturated heterocycles. The van der Waals surface area contributed by atoms with Crippen molar-refractivity contribution in [3.8, 4) is 11.5 Å². The molecule has 0 radical (unpaired) electrons. The third-order valence-corrected chi connectivity index (χ3v) is 6.37. The van der Waals surface area contributed by atoms with Gasteiger partial charge in [-0.1, -0.05) is 18.2 Å². The molecule has 0 spiro atoms. The van der Waals surface area contributed by atoms with Gasteiger partial charge in [0.25, 0.3) is 5.91 Å². The number of furan rings is 1. The molecule has 35 heavy (non-hydrogen) atoms. The summed E-state index contributed by atoms with van der Waals surface area (Å²) < 4.78 is 54.9. The number of carbonyl (C=O) groups excluding carboxylic acids is 1. The van der Waals surface area contributed by atoms with Crippen LogP contribution in [0.5, 0.6) is 11.5 Å². The Morgan fingerprint density at radius 2 is 1.69 bits per heavy atom. The summed E-state index contributed by atoms with van der Waals surface area (Å²) in [4.78, 5) is 14.6. The summed E-state index contributed by atoms with van der Waals surface area (Å²) in [5.74, 6) is 0.232. The zero-order valence-electron chi connectivity index (χ0n) is 18.8. The van der Waals surface area contributed by atoms with Crippen LogP contribution in [-0.2, 0) is 23.2 Å². The van der Waals surface area contributed by atoms with Crippen LogP contribution in [0.15, 0.2) is 101 Å². The molecule has 0 unspecified atom stereocenters. The molecule has 1 amide bonds. The van der Waals surface area contributed by atoms with E-state index in [0.29, 0.717) is 17.1 Å². The number of rotatable bonds is 9. The van der Waals surface area contributed by atoms with Crippen molar-refractivity contribution in [3.05, 3.63) is 114 Å². The van der Waals surface area contributed by atoms with E-state index in [-0.39, 0.29) is 29.3 Å². The van der Waals surface area contributed by atoms with E-state index in [2.05, 4.69) is 0 Å². The highest BCUT2D eigenvalue weighted by molar-refractivity contribution is 7.87. The molecule has 1 aromatic heterocycles. The van der Waals surface area contributed by atoms with Crippen LogP contribution in [0.1, 0.15) is 21.7 Å². The molecule has 4 aromatic rings. The number of nitrogens with zero attached hydrogens (tertiary/aromatic N) is 1. The van der Waals surface area contributed by atoms with Gasteiger partial charge in [0, 0.05) is 12.1 Å². The van der Waals surface area contributed by atoms with E-state index in [0.717, 1.165) is 0 Å². The summed E-state index contributed by atoms with van der Waals surface area (Å²) >= 11 is 0. The minimum absolute atomic E-state index is 0.0237. The summed E-state index contributed by atoms with van der Waals surface area (Å²) in [5, 5.41) is 0. The second kappa shape index (κ2) is 10.4. The van der Waals surface area contributed by atoms with Gasteiger partial charge in [0.2, 0.25) is 0 Å². The fourth-order valence-electron chi connectivity index (χ4n) is 3.43. The summed E-state index contributed by atoms with van der Waals surface area (Å²) in [6, 6.07) is 21.1. The number of hydrogen-bond donors (Lipinski definition) is 0. The molecular formula is C26H22FNO6S. The maximum Gasteiger partial charge on any atom is 0.339 e. The Bertz CT molecular complexity index is 1400. The maximum absolute atomic E-state index is 13.7. The van der Waals surface area contributed by atoms with Crippen LogP contribution in [0.4, 0.5) is 4.39 Å². The predicted molar refractivity (Wildman–Crippen MR) is 126 cm³/mol. The number of carbonyl (C=O) groups is 1. The highest BCUT2D eigenvalue weighted by Crippen LogP contribution is 2.23. The second-order valence-electron chi connectivity index (χ2n) is 7.61. The number of benzene rings is 3. The SMILES string of the molecule is COc1ccc(S(=O)(=O)Oc2cccc(CN(Cc3ccco3)C(=O)c3cccc(F)c3)c2)cc1. The lowest BCUT2D eigenvalue weighted by atomic mass is 10.1. The van der Waals surface area contributed by atoms with Crippen molar-refractivity contribution < 1.29 is 30.9 Å². The quantitative estimate of drug-likeness (QED) is 0.303. The van der Waals surface area contributed by atoms with E-state index in [4.69, 9.17) is 13.3 Å². The number of hydrogen-bond acceptors (Lipinski definition) is 6. The minimum atomic E-state index is -4.08. The van der Waals surface area contributed by atoms with Crippen molar-refractivity contribution >= 4 is 16.0 Å². The molecule has 3 aromatic carbocycles. The Morgan fingerprint density at radius 3 is 2.37 bits per heavy atom. The van der Waals surface area contributed by atoms with E-state index in [1.54, 1.807) is 24.3 Å². The molecule has 7 nitrogen and oxygen atoms in total. The molecular weight excluding hydrogens is 473 g/mol. The second-order valence-corrected chi connectivity index (χ2v) is 9.16. The molecule has 0 bridgehead atoms. The molecule has 9 heteroatoms. The van der Waals surface area contributed by atoms with E-state index >= 15 is 0 Å². The standard InChI is InChI=1S/C26H22FNO6S/c1-32-22-10-12-25(13-11-22)35(30,31)34-23-8-2-5-19(15-23)17-28(18-24-9-4-14-33-24)26(29)20-6-3-7-21(27)16-20/h2-16H,17-18H2,1H3. The van der Waals surface area contributed by atoms with Gasteiger partial charge in [-0.2, -0.15) is 8.42 Å². The molecule has 180 valence electrons. The van der Waals surface area contributed by atoms with E-state index in [9.17, 15) is 17.6 Å². The zero-order valence-corrected chi connectivity index (χ0v) is 19.6. The molecule has 0 saturated carbocycles. The van der Waals surface area contributed by atoms with Crippen LogP contribution < -0.4 is 8.92 Å². The molecule has 0 aliphatic heterocycles. The van der Waals surface area contributed by atoms with Crippen molar-refractivity contribution in [2.24, 2.45) is 0 Å². The first-order valence-corrected chi connectivity index (χ1v) is 12.0. The highest BCUT2D eigenvalue weighted by atomic mass is 32.2. The maximum atomic E-state index is 13.7. The van der Waals surface area contributed by atoms with Crippen molar-refractivity contribution in [2.75, 3.05) is 7.11 Å². The van der Waals surface area contributed by atoms with Gasteiger partial charge in [-0.05, 0) is 72.3 Å². The number of halogens is 1. The van der Waals surface area contributed by atoms with Gasteiger partial charge >= 0.3 is 10.1 Å². The van der Waals surface area contributed by atoms with Crippen LogP contribution in [0.3, 0.4) is 0 Å². The van der Waals surface area contributed by atoms with E-state index in [1.165, 1.54) is 78.9 Å². The average Bonchev–Trinajstić information content (AvgIpc) is 3.36. The van der Waals surface area contributed by atoms with Gasteiger partial charge in [-0.25, -0.2) is 4.39 Å². The van der Waals surface area contributed by atoms with Crippen molar-refractivity contribution in [2.45, 2.75) is 18.0 Å². The summed E-state index contributed by atoms with van der Waals surface area (Å²) in [5.41, 5.74) is 0.801. The first-order valence-electron chi connectivity index (χ1n) is 10.6. The number of amides is 1. The smallest absolute Gasteiger partial charge is 0.339 e. The first-order chi connectivity index (χ1) is 16.8. The van der Waals surface area contributed by atoms with Crippen LogP contribution in [0.25, 0.3) is 0 Å². The average molecular weight is 496 g/mol. The molecule has 0 N–H and O–H groups in total. The molecule has 1 heterocycles. The lowest BCUT2D eigenvalue weighted by Crippen LogP contribution is -2.30. The molecule has 0 atom stereocenters. The Labute approximate surface area is 202 Å². The van der Waals surface area contributed by atoms with Crippen molar-refractivity contribution in [1.82, 2.24) is 4.90 Å². The van der Waals surface area contributed by atoms with Gasteiger partial charge in [0.1, 0.15) is 28.0 Å². The van der Waals surface area contributed by atoms with E-state index < -0.39 is 21.8 Å². The summed E-state index contributed by atoms with van der Waals surface area (Å²) in [6.07, 6.45) is 1.50. The minimum Gasteiger partial charge on any atom is -0.497 e. The highest BCUT2D eigenvalue weighted by Gasteiger charge is 2.20. The van der Waals surface area contributed by atoms with Gasteiger partial charge in [0.05, 0.1) is 19.9 Å². The largest absolute Gasteiger partial charge is 0.497 e. The molecule has 0 aliphatic rings. The van der Waals surface area contributed by atoms with Crippen LogP contribution in [0.2, 0.25) is 0 Å². The Balaban J connectivity index is 1.56. The van der Waals surface area contributed by atoms with Crippen molar-refractivity contribution in [1.29, 1.82) is 0 Å². The van der Waals surface area contributed by atoms with E-state index in [1.807, 2.05) is 0 Å². The number of ether oxygens (including phenoxy) is 1. The normalized spacial score (nSPS) is 11.1. The molecule has 4 rings (SSSR count). The predicted octanol–water partition coefficient (Wildman–Crippen LogP) is 5.04. The third-order valence-electron chi connectivity index (χ3n) is 5.11. The third kappa shape index (κ3) is 6.07. The fourth-order valence-corrected chi connectivity index (χ4v) is 4.35. The van der Waals surface area contributed by atoms with Crippen molar-refractivity contribution in [3.63, 3.8) is 0 Å². The Hall–Kier alpha value is -4.11.